The number of thioether (sulfide) groups is 1. The van der Waals surface area contributed by atoms with Crippen LogP contribution in [0.4, 0.5) is 0 Å². The lowest BCUT2D eigenvalue weighted by atomic mass is 9.96. The monoisotopic (exact) mass is 411 g/mol. The summed E-state index contributed by atoms with van der Waals surface area (Å²) in [7, 11) is 0. The number of piperidine rings is 1. The molecule has 29 heavy (non-hydrogen) atoms. The van der Waals surface area contributed by atoms with Gasteiger partial charge in [-0.2, -0.15) is 4.98 Å². The Morgan fingerprint density at radius 2 is 1.93 bits per heavy atom. The SMILES string of the molecule is CC(C)c1noc(C2CCN(C(=O)c3ccc(CSc4ccccc4)o3)CC2)n1. The zero-order valence-electron chi connectivity index (χ0n) is 16.7. The number of carbonyl (C=O) groups is 1. The van der Waals surface area contributed by atoms with Crippen molar-refractivity contribution in [2.24, 2.45) is 0 Å². The van der Waals surface area contributed by atoms with Crippen LogP contribution in [0.1, 0.15) is 66.6 Å². The average Bonchev–Trinajstić information content (AvgIpc) is 3.43. The molecule has 1 amide bonds. The Bertz CT molecular complexity index is 943. The third-order valence-corrected chi connectivity index (χ3v) is 6.14. The van der Waals surface area contributed by atoms with E-state index in [0.29, 0.717) is 30.5 Å². The van der Waals surface area contributed by atoms with Crippen molar-refractivity contribution in [3.63, 3.8) is 0 Å². The Morgan fingerprint density at radius 3 is 2.62 bits per heavy atom. The lowest BCUT2D eigenvalue weighted by Crippen LogP contribution is -2.37. The highest BCUT2D eigenvalue weighted by atomic mass is 32.2. The Morgan fingerprint density at radius 1 is 1.17 bits per heavy atom. The molecule has 7 heteroatoms. The van der Waals surface area contributed by atoms with Crippen LogP contribution in [0.25, 0.3) is 0 Å². The molecule has 6 nitrogen and oxygen atoms in total. The molecule has 0 atom stereocenters. The summed E-state index contributed by atoms with van der Waals surface area (Å²) in [6, 6.07) is 13.8. The lowest BCUT2D eigenvalue weighted by Gasteiger charge is -2.29. The van der Waals surface area contributed by atoms with Crippen LogP contribution in [0.2, 0.25) is 0 Å². The number of furan rings is 1. The first kappa shape index (κ1) is 19.8. The number of amides is 1. The summed E-state index contributed by atoms with van der Waals surface area (Å²) in [6.07, 6.45) is 1.64. The molecule has 1 aliphatic rings. The van der Waals surface area contributed by atoms with Gasteiger partial charge >= 0.3 is 0 Å². The maximum absolute atomic E-state index is 12.8. The summed E-state index contributed by atoms with van der Waals surface area (Å²) < 4.78 is 11.2. The molecule has 0 bridgehead atoms. The van der Waals surface area contributed by atoms with E-state index in [2.05, 4.69) is 22.3 Å². The summed E-state index contributed by atoms with van der Waals surface area (Å²) in [4.78, 5) is 20.3. The molecule has 0 N–H and O–H groups in total. The number of aromatic nitrogens is 2. The molecule has 0 unspecified atom stereocenters. The second-order valence-corrected chi connectivity index (χ2v) is 8.63. The minimum atomic E-state index is -0.0483. The van der Waals surface area contributed by atoms with Crippen LogP contribution in [0.15, 0.2) is 56.3 Å². The average molecular weight is 412 g/mol. The minimum Gasteiger partial charge on any atom is -0.455 e. The van der Waals surface area contributed by atoms with Crippen LogP contribution >= 0.6 is 11.8 Å². The van der Waals surface area contributed by atoms with Gasteiger partial charge in [-0.05, 0) is 37.1 Å². The van der Waals surface area contributed by atoms with Gasteiger partial charge in [0.1, 0.15) is 5.76 Å². The molecule has 0 aliphatic carbocycles. The maximum atomic E-state index is 12.8. The smallest absolute Gasteiger partial charge is 0.289 e. The number of hydrogen-bond donors (Lipinski definition) is 0. The number of benzene rings is 1. The van der Waals surface area contributed by atoms with Crippen molar-refractivity contribution in [1.82, 2.24) is 15.0 Å². The Labute approximate surface area is 174 Å². The van der Waals surface area contributed by atoms with E-state index in [0.717, 1.165) is 24.4 Å². The van der Waals surface area contributed by atoms with Crippen molar-refractivity contribution < 1.29 is 13.7 Å². The Hall–Kier alpha value is -2.54. The van der Waals surface area contributed by atoms with Gasteiger partial charge in [0, 0.05) is 29.8 Å². The first-order valence-electron chi connectivity index (χ1n) is 9.99. The van der Waals surface area contributed by atoms with Crippen LogP contribution in [0.3, 0.4) is 0 Å². The van der Waals surface area contributed by atoms with Crippen LogP contribution in [-0.4, -0.2) is 34.0 Å². The molecule has 3 aromatic rings. The summed E-state index contributed by atoms with van der Waals surface area (Å²) in [5.74, 6) is 3.78. The van der Waals surface area contributed by atoms with Gasteiger partial charge in [-0.25, -0.2) is 0 Å². The van der Waals surface area contributed by atoms with Crippen molar-refractivity contribution in [3.05, 3.63) is 65.7 Å². The molecule has 1 aliphatic heterocycles. The quantitative estimate of drug-likeness (QED) is 0.526. The van der Waals surface area contributed by atoms with E-state index in [9.17, 15) is 4.79 Å². The van der Waals surface area contributed by atoms with Gasteiger partial charge in [0.15, 0.2) is 11.6 Å². The van der Waals surface area contributed by atoms with Crippen molar-refractivity contribution >= 4 is 17.7 Å². The number of nitrogens with zero attached hydrogens (tertiary/aromatic N) is 3. The summed E-state index contributed by atoms with van der Waals surface area (Å²) in [6.45, 7) is 5.42. The summed E-state index contributed by atoms with van der Waals surface area (Å²) in [5, 5.41) is 4.05. The Kier molecular flexibility index (Phi) is 6.04. The van der Waals surface area contributed by atoms with Gasteiger partial charge in [0.05, 0.1) is 5.75 Å². The summed E-state index contributed by atoms with van der Waals surface area (Å²) >= 11 is 1.69. The molecule has 1 fully saturated rings. The predicted molar refractivity (Wildman–Crippen MR) is 111 cm³/mol. The third kappa shape index (κ3) is 4.72. The fraction of sp³-hybridized carbons (Fsp3) is 0.409. The fourth-order valence-electron chi connectivity index (χ4n) is 3.37. The molecule has 3 heterocycles. The predicted octanol–water partition coefficient (Wildman–Crippen LogP) is 5.10. The van der Waals surface area contributed by atoms with Gasteiger partial charge in [0.25, 0.3) is 5.91 Å². The first-order valence-corrected chi connectivity index (χ1v) is 11.0. The first-order chi connectivity index (χ1) is 14.1. The highest BCUT2D eigenvalue weighted by molar-refractivity contribution is 7.98. The van der Waals surface area contributed by atoms with E-state index < -0.39 is 0 Å². The highest BCUT2D eigenvalue weighted by Crippen LogP contribution is 2.29. The number of rotatable bonds is 6. The number of carbonyl (C=O) groups excluding carboxylic acids is 1. The van der Waals surface area contributed by atoms with E-state index in [1.807, 2.05) is 43.0 Å². The van der Waals surface area contributed by atoms with Crippen LogP contribution in [0.5, 0.6) is 0 Å². The minimum absolute atomic E-state index is 0.0483. The third-order valence-electron chi connectivity index (χ3n) is 5.10. The van der Waals surface area contributed by atoms with Gasteiger partial charge in [-0.1, -0.05) is 37.2 Å². The normalized spacial score (nSPS) is 15.2. The van der Waals surface area contributed by atoms with Crippen molar-refractivity contribution in [1.29, 1.82) is 0 Å². The molecule has 152 valence electrons. The summed E-state index contributed by atoms with van der Waals surface area (Å²) in [5.41, 5.74) is 0. The second kappa shape index (κ2) is 8.86. The van der Waals surface area contributed by atoms with Crippen LogP contribution in [0, 0.1) is 0 Å². The van der Waals surface area contributed by atoms with Crippen LogP contribution < -0.4 is 0 Å². The van der Waals surface area contributed by atoms with Gasteiger partial charge in [-0.15, -0.1) is 11.8 Å². The van der Waals surface area contributed by atoms with E-state index in [1.54, 1.807) is 17.8 Å². The maximum Gasteiger partial charge on any atom is 0.289 e. The number of hydrogen-bond acceptors (Lipinski definition) is 6. The Balaban J connectivity index is 1.31. The zero-order valence-corrected chi connectivity index (χ0v) is 17.5. The second-order valence-electron chi connectivity index (χ2n) is 7.58. The van der Waals surface area contributed by atoms with Crippen molar-refractivity contribution in [2.75, 3.05) is 13.1 Å². The molecular formula is C22H25N3O3S. The van der Waals surface area contributed by atoms with Gasteiger partial charge < -0.3 is 13.8 Å². The fourth-order valence-corrected chi connectivity index (χ4v) is 4.19. The topological polar surface area (TPSA) is 72.4 Å². The molecule has 1 aromatic carbocycles. The van der Waals surface area contributed by atoms with E-state index in [-0.39, 0.29) is 17.7 Å². The van der Waals surface area contributed by atoms with E-state index in [4.69, 9.17) is 8.94 Å². The van der Waals surface area contributed by atoms with E-state index in [1.165, 1.54) is 4.90 Å². The number of likely N-dealkylation sites (tertiary alicyclic amines) is 1. The van der Waals surface area contributed by atoms with Crippen LogP contribution in [-0.2, 0) is 5.75 Å². The highest BCUT2D eigenvalue weighted by Gasteiger charge is 2.29. The molecule has 0 spiro atoms. The van der Waals surface area contributed by atoms with Crippen molar-refractivity contribution in [2.45, 2.75) is 49.2 Å². The molecule has 2 aromatic heterocycles. The lowest BCUT2D eigenvalue weighted by molar-refractivity contribution is 0.0671. The van der Waals surface area contributed by atoms with Gasteiger partial charge in [-0.3, -0.25) is 4.79 Å². The largest absolute Gasteiger partial charge is 0.455 e. The molecule has 0 radical (unpaired) electrons. The molecule has 1 saturated heterocycles. The van der Waals surface area contributed by atoms with E-state index >= 15 is 0 Å². The molecular weight excluding hydrogens is 386 g/mol. The zero-order chi connectivity index (χ0) is 20.2. The standard InChI is InChI=1S/C22H25N3O3S/c1-15(2)20-23-21(28-24-20)16-10-12-25(13-11-16)22(26)19-9-8-17(27-19)14-29-18-6-4-3-5-7-18/h3-9,15-16H,10-14H2,1-2H3. The molecule has 4 rings (SSSR count). The van der Waals surface area contributed by atoms with Crippen molar-refractivity contribution in [3.8, 4) is 0 Å². The van der Waals surface area contributed by atoms with Gasteiger partial charge in [0.2, 0.25) is 5.89 Å². The molecule has 0 saturated carbocycles.